The van der Waals surface area contributed by atoms with Crippen molar-refractivity contribution in [1.82, 2.24) is 0 Å². The second-order valence-electron chi connectivity index (χ2n) is 6.70. The Morgan fingerprint density at radius 1 is 1.11 bits per heavy atom. The summed E-state index contributed by atoms with van der Waals surface area (Å²) in [4.78, 5) is 28.3. The first-order chi connectivity index (χ1) is 12.9. The van der Waals surface area contributed by atoms with Gasteiger partial charge in [-0.3, -0.25) is 9.28 Å². The number of hydrogen-bond acceptors (Lipinski definition) is 4. The fourth-order valence-corrected chi connectivity index (χ4v) is 2.83. The maximum atomic E-state index is 12.6. The topological polar surface area (TPSA) is 55.7 Å². The molecule has 0 aromatic heterocycles. The fraction of sp³-hybridized carbons (Fsp3) is 0.500. The number of ketones is 1. The van der Waals surface area contributed by atoms with Gasteiger partial charge in [-0.05, 0) is 12.1 Å². The zero-order valence-electron chi connectivity index (χ0n) is 15.8. The Kier molecular flexibility index (Phi) is 8.91. The van der Waals surface area contributed by atoms with Gasteiger partial charge < -0.3 is 4.84 Å². The van der Waals surface area contributed by atoms with Crippen LogP contribution in [0.25, 0.3) is 0 Å². The van der Waals surface area contributed by atoms with Crippen molar-refractivity contribution in [3.63, 3.8) is 0 Å². The summed E-state index contributed by atoms with van der Waals surface area (Å²) >= 11 is 11.9. The Morgan fingerprint density at radius 2 is 1.75 bits per heavy atom. The van der Waals surface area contributed by atoms with E-state index in [1.54, 1.807) is 18.2 Å². The molecule has 0 radical (unpaired) electrons. The summed E-state index contributed by atoms with van der Waals surface area (Å²) in [6, 6.07) is 4.90. The molecule has 0 bridgehead atoms. The van der Waals surface area contributed by atoms with Crippen LogP contribution in [0.4, 0.5) is 13.2 Å². The van der Waals surface area contributed by atoms with Crippen molar-refractivity contribution in [1.29, 1.82) is 0 Å². The number of hydrogen-bond donors (Lipinski definition) is 0. The van der Waals surface area contributed by atoms with Crippen molar-refractivity contribution in [3.8, 4) is 0 Å². The number of quaternary nitrogens is 1. The molecular formula is C18H22Cl2F3N2O3+. The Bertz CT molecular complexity index is 750. The molecule has 156 valence electrons. The highest BCUT2D eigenvalue weighted by Crippen LogP contribution is 2.24. The molecule has 10 heteroatoms. The average Bonchev–Trinajstić information content (AvgIpc) is 2.59. The van der Waals surface area contributed by atoms with Crippen molar-refractivity contribution in [2.45, 2.75) is 31.9 Å². The van der Waals surface area contributed by atoms with Crippen molar-refractivity contribution >= 4 is 40.6 Å². The molecule has 0 fully saturated rings. The molecule has 0 N–H and O–H groups in total. The summed E-state index contributed by atoms with van der Waals surface area (Å²) < 4.78 is 36.8. The number of halogens is 5. The Balaban J connectivity index is 2.59. The summed E-state index contributed by atoms with van der Waals surface area (Å²) in [7, 11) is 3.72. The average molecular weight is 442 g/mol. The third-order valence-corrected chi connectivity index (χ3v) is 4.80. The number of benzene rings is 1. The number of Topliss-reactive ketones (excluding diaryl/α,β-unsaturated/α-hetero) is 1. The van der Waals surface area contributed by atoms with E-state index in [0.29, 0.717) is 21.3 Å². The zero-order chi connectivity index (χ0) is 21.5. The molecule has 5 nitrogen and oxygen atoms in total. The molecule has 28 heavy (non-hydrogen) atoms. The lowest BCUT2D eigenvalue weighted by Crippen LogP contribution is -2.52. The van der Waals surface area contributed by atoms with Gasteiger partial charge in [0, 0.05) is 31.2 Å². The first-order valence-corrected chi connectivity index (χ1v) is 9.16. The van der Waals surface area contributed by atoms with Crippen molar-refractivity contribution in [2.75, 3.05) is 27.7 Å². The smallest absolute Gasteiger partial charge is 0.399 e. The van der Waals surface area contributed by atoms with Crippen LogP contribution in [0.3, 0.4) is 0 Å². The van der Waals surface area contributed by atoms with Crippen molar-refractivity contribution in [3.05, 3.63) is 33.8 Å². The van der Waals surface area contributed by atoms with E-state index < -0.39 is 16.6 Å². The van der Waals surface area contributed by atoms with E-state index in [1.165, 1.54) is 21.2 Å². The molecule has 0 unspecified atom stereocenters. The normalized spacial score (nSPS) is 12.8. The minimum atomic E-state index is -4.90. The lowest BCUT2D eigenvalue weighted by molar-refractivity contribution is -0.819. The number of nitrogens with zero attached hydrogens (tertiary/aromatic N) is 2. The Hall–Kier alpha value is -1.64. The molecule has 1 amide bonds. The van der Waals surface area contributed by atoms with E-state index in [-0.39, 0.29) is 38.0 Å². The molecule has 1 aromatic carbocycles. The van der Waals surface area contributed by atoms with E-state index in [2.05, 4.69) is 5.16 Å². The maximum Gasteiger partial charge on any atom is 0.509 e. The maximum absolute atomic E-state index is 12.6. The summed E-state index contributed by atoms with van der Waals surface area (Å²) in [5, 5.41) is 4.62. The molecule has 1 rings (SSSR count). The molecule has 0 saturated heterocycles. The first kappa shape index (κ1) is 24.4. The lowest BCUT2D eigenvalue weighted by atomic mass is 10.0. The third kappa shape index (κ3) is 7.41. The number of alkyl halides is 3. The van der Waals surface area contributed by atoms with Gasteiger partial charge in [-0.1, -0.05) is 34.4 Å². The number of carbonyl (C=O) groups excluding carboxylic acids is 2. The van der Waals surface area contributed by atoms with Crippen LogP contribution in [-0.4, -0.2) is 55.8 Å². The van der Waals surface area contributed by atoms with Gasteiger partial charge in [-0.15, -0.1) is 0 Å². The van der Waals surface area contributed by atoms with Gasteiger partial charge in [0.1, 0.15) is 12.9 Å². The van der Waals surface area contributed by atoms with Gasteiger partial charge in [0.25, 0.3) is 0 Å². The van der Waals surface area contributed by atoms with Crippen LogP contribution in [0.2, 0.25) is 10.0 Å². The van der Waals surface area contributed by atoms with Crippen LogP contribution >= 0.6 is 23.2 Å². The molecular weight excluding hydrogens is 420 g/mol. The van der Waals surface area contributed by atoms with E-state index in [0.717, 1.165) is 0 Å². The predicted molar refractivity (Wildman–Crippen MR) is 102 cm³/mol. The molecule has 0 aliphatic heterocycles. The standard InChI is InChI=1S/C18H22Cl2F3N2O3/c1-25(2,17(27)18(21,22)23)10-4-5-13(26)7-9-16(24-28-3)12-6-8-14(19)15(20)11-12/h6,8,11H,4-5,7,9-10H2,1-3H3/q+1/b24-16-. The van der Waals surface area contributed by atoms with Crippen LogP contribution in [0.5, 0.6) is 0 Å². The Morgan fingerprint density at radius 3 is 2.29 bits per heavy atom. The minimum absolute atomic E-state index is 0.0639. The summed E-state index contributed by atoms with van der Waals surface area (Å²) in [5.74, 6) is -1.99. The van der Waals surface area contributed by atoms with Crippen LogP contribution in [-0.2, 0) is 14.4 Å². The number of oxime groups is 1. The van der Waals surface area contributed by atoms with Crippen LogP contribution in [0.1, 0.15) is 31.2 Å². The summed E-state index contributed by atoms with van der Waals surface area (Å²) in [6.07, 6.45) is -4.28. The number of rotatable bonds is 9. The Labute approximate surface area is 171 Å². The van der Waals surface area contributed by atoms with Gasteiger partial charge in [0.2, 0.25) is 0 Å². The van der Waals surface area contributed by atoms with E-state index in [4.69, 9.17) is 28.0 Å². The van der Waals surface area contributed by atoms with E-state index in [9.17, 15) is 22.8 Å². The quantitative estimate of drug-likeness (QED) is 0.318. The molecule has 0 aliphatic carbocycles. The molecule has 0 atom stereocenters. The molecule has 0 spiro atoms. The number of amides is 1. The highest BCUT2D eigenvalue weighted by Gasteiger charge is 2.50. The van der Waals surface area contributed by atoms with Crippen LogP contribution in [0, 0.1) is 0 Å². The van der Waals surface area contributed by atoms with Gasteiger partial charge >= 0.3 is 12.1 Å². The molecule has 0 aliphatic rings. The number of carbonyl (C=O) groups is 2. The van der Waals surface area contributed by atoms with Gasteiger partial charge in [-0.2, -0.15) is 13.2 Å². The summed E-state index contributed by atoms with van der Waals surface area (Å²) in [5.41, 5.74) is 1.15. The molecule has 0 heterocycles. The van der Waals surface area contributed by atoms with E-state index in [1.807, 2.05) is 0 Å². The third-order valence-electron chi connectivity index (χ3n) is 4.06. The first-order valence-electron chi connectivity index (χ1n) is 8.40. The monoisotopic (exact) mass is 441 g/mol. The van der Waals surface area contributed by atoms with Crippen molar-refractivity contribution in [2.24, 2.45) is 5.16 Å². The second-order valence-corrected chi connectivity index (χ2v) is 7.52. The highest BCUT2D eigenvalue weighted by molar-refractivity contribution is 6.42. The largest absolute Gasteiger partial charge is 0.509 e. The molecule has 1 aromatic rings. The van der Waals surface area contributed by atoms with Crippen molar-refractivity contribution < 1.29 is 32.1 Å². The van der Waals surface area contributed by atoms with Gasteiger partial charge in [0.15, 0.2) is 0 Å². The van der Waals surface area contributed by atoms with Crippen LogP contribution < -0.4 is 0 Å². The second kappa shape index (κ2) is 10.2. The van der Waals surface area contributed by atoms with Gasteiger partial charge in [0.05, 0.1) is 36.4 Å². The lowest BCUT2D eigenvalue weighted by Gasteiger charge is -2.27. The van der Waals surface area contributed by atoms with Gasteiger partial charge in [-0.25, -0.2) is 4.79 Å². The SMILES string of the molecule is CO/N=C(/CCC(=O)CCC[N+](C)(C)C(=O)C(F)(F)F)c1ccc(Cl)c(Cl)c1. The predicted octanol–water partition coefficient (Wildman–Crippen LogP) is 4.64. The van der Waals surface area contributed by atoms with E-state index >= 15 is 0 Å². The molecule has 0 saturated carbocycles. The fourth-order valence-electron chi connectivity index (χ4n) is 2.53. The zero-order valence-corrected chi connectivity index (χ0v) is 17.3. The summed E-state index contributed by atoms with van der Waals surface area (Å²) in [6.45, 7) is -0.0874. The highest BCUT2D eigenvalue weighted by atomic mass is 35.5. The van der Waals surface area contributed by atoms with Crippen LogP contribution in [0.15, 0.2) is 23.4 Å². The minimum Gasteiger partial charge on any atom is -0.399 e.